The second kappa shape index (κ2) is 5.21. The molecule has 0 amide bonds. The molecule has 0 unspecified atom stereocenters. The predicted molar refractivity (Wildman–Crippen MR) is 70.0 cm³/mol. The van der Waals surface area contributed by atoms with Crippen LogP contribution < -0.4 is 9.47 Å². The van der Waals surface area contributed by atoms with Crippen LogP contribution in [0.4, 0.5) is 0 Å². The van der Waals surface area contributed by atoms with E-state index in [0.29, 0.717) is 12.2 Å². The number of carbonyl (C=O) groups excluding carboxylic acids is 1. The summed E-state index contributed by atoms with van der Waals surface area (Å²) in [7, 11) is 3.23. The molecule has 0 saturated heterocycles. The van der Waals surface area contributed by atoms with Crippen molar-refractivity contribution in [2.24, 2.45) is 4.99 Å². The van der Waals surface area contributed by atoms with E-state index in [1.54, 1.807) is 21.1 Å². The number of benzene rings is 1. The summed E-state index contributed by atoms with van der Waals surface area (Å²) in [4.78, 5) is 15.7. The molecule has 4 heteroatoms. The lowest BCUT2D eigenvalue weighted by Gasteiger charge is -2.19. The molecule has 1 aromatic carbocycles. The Labute approximate surface area is 107 Å². The van der Waals surface area contributed by atoms with Gasteiger partial charge in [0.05, 0.1) is 14.2 Å². The van der Waals surface area contributed by atoms with E-state index in [4.69, 9.17) is 9.47 Å². The Bertz CT molecular complexity index is 506. The van der Waals surface area contributed by atoms with E-state index >= 15 is 0 Å². The summed E-state index contributed by atoms with van der Waals surface area (Å²) in [5.74, 6) is 1.52. The van der Waals surface area contributed by atoms with Gasteiger partial charge in [0.15, 0.2) is 11.5 Å². The molecule has 0 fully saturated rings. The van der Waals surface area contributed by atoms with Crippen LogP contribution in [0.25, 0.3) is 0 Å². The molecule has 0 spiro atoms. The Morgan fingerprint density at radius 3 is 2.56 bits per heavy atom. The smallest absolute Gasteiger partial charge is 0.161 e. The van der Waals surface area contributed by atoms with Gasteiger partial charge in [-0.1, -0.05) is 0 Å². The van der Waals surface area contributed by atoms with E-state index in [0.717, 1.165) is 30.0 Å². The minimum atomic E-state index is 0.122. The molecular formula is C14H17NO3. The van der Waals surface area contributed by atoms with Crippen LogP contribution in [0.5, 0.6) is 11.5 Å². The molecular weight excluding hydrogens is 230 g/mol. The quantitative estimate of drug-likeness (QED) is 0.818. The second-order valence-corrected chi connectivity index (χ2v) is 4.32. The molecule has 1 aromatic rings. The Kier molecular flexibility index (Phi) is 3.65. The number of carbonyl (C=O) groups is 1. The third-order valence-electron chi connectivity index (χ3n) is 3.02. The molecule has 0 radical (unpaired) electrons. The van der Waals surface area contributed by atoms with Gasteiger partial charge in [-0.05, 0) is 31.0 Å². The number of ketones is 1. The number of fused-ring (bicyclic) bond motifs is 1. The van der Waals surface area contributed by atoms with Crippen molar-refractivity contribution in [2.75, 3.05) is 20.8 Å². The largest absolute Gasteiger partial charge is 0.493 e. The van der Waals surface area contributed by atoms with Crippen molar-refractivity contribution in [1.82, 2.24) is 0 Å². The van der Waals surface area contributed by atoms with E-state index in [-0.39, 0.29) is 5.78 Å². The van der Waals surface area contributed by atoms with Crippen LogP contribution in [0.1, 0.15) is 24.5 Å². The average molecular weight is 247 g/mol. The zero-order valence-corrected chi connectivity index (χ0v) is 10.9. The molecule has 0 saturated carbocycles. The Balaban J connectivity index is 2.46. The highest BCUT2D eigenvalue weighted by Gasteiger charge is 2.19. The molecule has 1 aliphatic rings. The lowest BCUT2D eigenvalue weighted by molar-refractivity contribution is -0.115. The molecule has 0 bridgehead atoms. The summed E-state index contributed by atoms with van der Waals surface area (Å²) in [5.41, 5.74) is 3.03. The predicted octanol–water partition coefficient (Wildman–Crippen LogP) is 2.03. The van der Waals surface area contributed by atoms with Gasteiger partial charge in [-0.3, -0.25) is 9.79 Å². The first-order valence-corrected chi connectivity index (χ1v) is 5.93. The summed E-state index contributed by atoms with van der Waals surface area (Å²) in [6.07, 6.45) is 1.25. The number of ether oxygens (including phenoxy) is 2. The zero-order valence-electron chi connectivity index (χ0n) is 10.9. The first kappa shape index (κ1) is 12.6. The number of aliphatic imine (C=N–C) groups is 1. The fourth-order valence-corrected chi connectivity index (χ4v) is 2.18. The van der Waals surface area contributed by atoms with Crippen molar-refractivity contribution >= 4 is 11.5 Å². The van der Waals surface area contributed by atoms with Gasteiger partial charge in [-0.2, -0.15) is 0 Å². The van der Waals surface area contributed by atoms with Crippen LogP contribution in [0.2, 0.25) is 0 Å². The Hall–Kier alpha value is -1.84. The van der Waals surface area contributed by atoms with Crippen LogP contribution in [-0.4, -0.2) is 32.3 Å². The lowest BCUT2D eigenvalue weighted by Crippen LogP contribution is -2.16. The number of rotatable bonds is 4. The molecule has 1 aliphatic heterocycles. The van der Waals surface area contributed by atoms with Crippen molar-refractivity contribution in [2.45, 2.75) is 19.8 Å². The van der Waals surface area contributed by atoms with Crippen LogP contribution in [0.3, 0.4) is 0 Å². The normalized spacial score (nSPS) is 13.6. The molecule has 4 nitrogen and oxygen atoms in total. The minimum absolute atomic E-state index is 0.122. The fourth-order valence-electron chi connectivity index (χ4n) is 2.18. The highest BCUT2D eigenvalue weighted by atomic mass is 16.5. The fraction of sp³-hybridized carbons (Fsp3) is 0.429. The van der Waals surface area contributed by atoms with E-state index < -0.39 is 0 Å². The van der Waals surface area contributed by atoms with Crippen molar-refractivity contribution in [1.29, 1.82) is 0 Å². The van der Waals surface area contributed by atoms with Gasteiger partial charge in [0, 0.05) is 24.2 Å². The van der Waals surface area contributed by atoms with Gasteiger partial charge in [0.25, 0.3) is 0 Å². The van der Waals surface area contributed by atoms with Gasteiger partial charge in [0.1, 0.15) is 5.78 Å². The van der Waals surface area contributed by atoms with Gasteiger partial charge >= 0.3 is 0 Å². The highest BCUT2D eigenvalue weighted by molar-refractivity contribution is 6.12. The maximum Gasteiger partial charge on any atom is 0.161 e. The van der Waals surface area contributed by atoms with Gasteiger partial charge in [0.2, 0.25) is 0 Å². The second-order valence-electron chi connectivity index (χ2n) is 4.32. The number of hydrogen-bond donors (Lipinski definition) is 0. The summed E-state index contributed by atoms with van der Waals surface area (Å²) in [6.45, 7) is 2.31. The van der Waals surface area contributed by atoms with Crippen LogP contribution in [0, 0.1) is 0 Å². The van der Waals surface area contributed by atoms with Crippen molar-refractivity contribution in [3.05, 3.63) is 23.3 Å². The van der Waals surface area contributed by atoms with Crippen molar-refractivity contribution in [3.63, 3.8) is 0 Å². The van der Waals surface area contributed by atoms with Gasteiger partial charge < -0.3 is 9.47 Å². The first-order chi connectivity index (χ1) is 8.65. The van der Waals surface area contributed by atoms with E-state index in [1.165, 1.54) is 5.56 Å². The Morgan fingerprint density at radius 1 is 1.28 bits per heavy atom. The summed E-state index contributed by atoms with van der Waals surface area (Å²) in [5, 5.41) is 0. The summed E-state index contributed by atoms with van der Waals surface area (Å²) in [6, 6.07) is 3.89. The SMILES string of the molecule is COc1cc2c(cc1OC)C(CC(C)=O)=NCC2. The standard InChI is InChI=1S/C14H17NO3/c1-9(16)6-12-11-8-14(18-3)13(17-2)7-10(11)4-5-15-12/h7-8H,4-6H2,1-3H3. The number of methoxy groups -OCH3 is 2. The first-order valence-electron chi connectivity index (χ1n) is 5.93. The van der Waals surface area contributed by atoms with Gasteiger partial charge in [-0.15, -0.1) is 0 Å². The summed E-state index contributed by atoms with van der Waals surface area (Å²) < 4.78 is 10.6. The van der Waals surface area contributed by atoms with E-state index in [9.17, 15) is 4.79 Å². The highest BCUT2D eigenvalue weighted by Crippen LogP contribution is 2.32. The molecule has 0 atom stereocenters. The molecule has 18 heavy (non-hydrogen) atoms. The zero-order chi connectivity index (χ0) is 13.1. The number of Topliss-reactive ketones (excluding diaryl/α,β-unsaturated/α-hetero) is 1. The maximum atomic E-state index is 11.3. The Morgan fingerprint density at radius 2 is 1.94 bits per heavy atom. The maximum absolute atomic E-state index is 11.3. The monoisotopic (exact) mass is 247 g/mol. The molecule has 2 rings (SSSR count). The lowest BCUT2D eigenvalue weighted by atomic mass is 9.94. The summed E-state index contributed by atoms with van der Waals surface area (Å²) >= 11 is 0. The van der Waals surface area contributed by atoms with Crippen molar-refractivity contribution in [3.8, 4) is 11.5 Å². The van der Waals surface area contributed by atoms with E-state index in [2.05, 4.69) is 4.99 Å². The molecule has 0 aliphatic carbocycles. The van der Waals surface area contributed by atoms with Crippen molar-refractivity contribution < 1.29 is 14.3 Å². The topological polar surface area (TPSA) is 47.9 Å². The van der Waals surface area contributed by atoms with Gasteiger partial charge in [-0.25, -0.2) is 0 Å². The third kappa shape index (κ3) is 2.37. The van der Waals surface area contributed by atoms with E-state index in [1.807, 2.05) is 12.1 Å². The van der Waals surface area contributed by atoms with Crippen LogP contribution in [0.15, 0.2) is 17.1 Å². The molecule has 0 aromatic heterocycles. The number of nitrogens with zero attached hydrogens (tertiary/aromatic N) is 1. The average Bonchev–Trinajstić information content (AvgIpc) is 2.37. The molecule has 1 heterocycles. The van der Waals surface area contributed by atoms with Crippen LogP contribution in [-0.2, 0) is 11.2 Å². The molecule has 0 N–H and O–H groups in total. The molecule has 96 valence electrons. The number of hydrogen-bond acceptors (Lipinski definition) is 4. The third-order valence-corrected chi connectivity index (χ3v) is 3.02. The van der Waals surface area contributed by atoms with Crippen LogP contribution >= 0.6 is 0 Å². The minimum Gasteiger partial charge on any atom is -0.493 e.